The fraction of sp³-hybridized carbons (Fsp3) is 0.400. The van der Waals surface area contributed by atoms with E-state index in [4.69, 9.17) is 9.90 Å². The van der Waals surface area contributed by atoms with Crippen LogP contribution >= 0.6 is 0 Å². The van der Waals surface area contributed by atoms with Crippen LogP contribution in [0.2, 0.25) is 0 Å². The molecule has 2 fully saturated rings. The summed E-state index contributed by atoms with van der Waals surface area (Å²) in [5.74, 6) is -3.17. The summed E-state index contributed by atoms with van der Waals surface area (Å²) in [7, 11) is -3.75. The lowest BCUT2D eigenvalue weighted by Crippen LogP contribution is -2.21. The zero-order valence-corrected chi connectivity index (χ0v) is 20.9. The number of carbonyl (C=O) groups is 1. The molecular weight excluding hydrogens is 514 g/mol. The minimum absolute atomic E-state index is 0.192. The van der Waals surface area contributed by atoms with Crippen molar-refractivity contribution in [1.29, 1.82) is 0 Å². The van der Waals surface area contributed by atoms with E-state index in [2.05, 4.69) is 10.2 Å². The molecule has 202 valence electrons. The van der Waals surface area contributed by atoms with Gasteiger partial charge in [-0.3, -0.25) is 4.90 Å². The molecule has 0 radical (unpaired) electrons. The molecule has 0 saturated carbocycles. The third-order valence-electron chi connectivity index (χ3n) is 5.91. The average molecular weight is 544 g/mol. The number of nitrogens with zero attached hydrogens (tertiary/aromatic N) is 2. The first kappa shape index (κ1) is 28.6. The highest BCUT2D eigenvalue weighted by Gasteiger charge is 2.38. The number of hydrogen-bond acceptors (Lipinski definition) is 5. The lowest BCUT2D eigenvalue weighted by atomic mass is 10.1. The summed E-state index contributed by atoms with van der Waals surface area (Å²) in [6, 6.07) is 12.8. The molecule has 5 rings (SSSR count). The second-order valence-electron chi connectivity index (χ2n) is 8.67. The van der Waals surface area contributed by atoms with Gasteiger partial charge in [0.15, 0.2) is 0 Å². The molecule has 0 bridgehead atoms. The molecule has 2 aliphatic rings. The number of hydrogen-bond donors (Lipinski definition) is 2. The minimum atomic E-state index is -5.08. The number of likely N-dealkylation sites (tertiary alicyclic amines) is 1. The molecule has 3 aromatic rings. The normalized spacial score (nSPS) is 16.1. The highest BCUT2D eigenvalue weighted by atomic mass is 32.2. The maximum atomic E-state index is 14.2. The molecule has 0 amide bonds. The first-order valence-electron chi connectivity index (χ1n) is 11.8. The van der Waals surface area contributed by atoms with Gasteiger partial charge in [0.1, 0.15) is 5.82 Å². The Morgan fingerprint density at radius 3 is 2.08 bits per heavy atom. The van der Waals surface area contributed by atoms with Gasteiger partial charge in [-0.05, 0) is 87.8 Å². The van der Waals surface area contributed by atoms with Gasteiger partial charge in [0, 0.05) is 18.1 Å². The van der Waals surface area contributed by atoms with Crippen LogP contribution < -0.4 is 5.32 Å². The fourth-order valence-corrected chi connectivity index (χ4v) is 5.47. The summed E-state index contributed by atoms with van der Waals surface area (Å²) in [6.07, 6.45) is 1.52. The topological polar surface area (TPSA) is 91.6 Å². The van der Waals surface area contributed by atoms with Gasteiger partial charge in [0.2, 0.25) is 0 Å². The van der Waals surface area contributed by atoms with Gasteiger partial charge in [0.05, 0.1) is 10.4 Å². The van der Waals surface area contributed by atoms with Gasteiger partial charge >= 0.3 is 12.1 Å². The van der Waals surface area contributed by atoms with Crippen LogP contribution in [0, 0.1) is 5.82 Å². The first-order chi connectivity index (χ1) is 17.5. The van der Waals surface area contributed by atoms with Gasteiger partial charge in [-0.1, -0.05) is 18.2 Å². The third kappa shape index (κ3) is 7.76. The van der Waals surface area contributed by atoms with Gasteiger partial charge < -0.3 is 10.4 Å². The number of rotatable bonds is 4. The Morgan fingerprint density at radius 2 is 1.57 bits per heavy atom. The van der Waals surface area contributed by atoms with Crippen LogP contribution in [0.3, 0.4) is 0 Å². The summed E-state index contributed by atoms with van der Waals surface area (Å²) >= 11 is 0. The lowest BCUT2D eigenvalue weighted by Gasteiger charge is -2.16. The van der Waals surface area contributed by atoms with Crippen LogP contribution in [0.4, 0.5) is 17.6 Å². The van der Waals surface area contributed by atoms with E-state index >= 15 is 0 Å². The zero-order valence-electron chi connectivity index (χ0n) is 20.0. The fourth-order valence-electron chi connectivity index (χ4n) is 4.11. The molecule has 0 aliphatic carbocycles. The van der Waals surface area contributed by atoms with Crippen molar-refractivity contribution in [2.45, 2.75) is 43.3 Å². The van der Waals surface area contributed by atoms with E-state index in [1.54, 1.807) is 36.4 Å². The Labute approximate surface area is 212 Å². The van der Waals surface area contributed by atoms with E-state index < -0.39 is 28.0 Å². The van der Waals surface area contributed by atoms with Crippen molar-refractivity contribution in [2.75, 3.05) is 26.2 Å². The van der Waals surface area contributed by atoms with Gasteiger partial charge in [-0.15, -0.1) is 0 Å². The molecule has 2 saturated heterocycles. The maximum Gasteiger partial charge on any atom is 0.490 e. The molecule has 2 N–H and O–H groups in total. The van der Waals surface area contributed by atoms with E-state index in [1.807, 2.05) is 0 Å². The Hall–Kier alpha value is -2.96. The van der Waals surface area contributed by atoms with Crippen LogP contribution in [0.25, 0.3) is 10.9 Å². The largest absolute Gasteiger partial charge is 0.490 e. The summed E-state index contributed by atoms with van der Waals surface area (Å²) in [4.78, 5) is 11.4. The predicted octanol–water partition coefficient (Wildman–Crippen LogP) is 4.62. The first-order valence-corrected chi connectivity index (χ1v) is 13.3. The number of carboxylic acids is 1. The number of alkyl halides is 3. The van der Waals surface area contributed by atoms with E-state index in [0.29, 0.717) is 12.1 Å². The van der Waals surface area contributed by atoms with Crippen LogP contribution in [-0.4, -0.2) is 60.7 Å². The number of halogens is 4. The number of nitrogens with one attached hydrogen (secondary N) is 1. The zero-order chi connectivity index (χ0) is 27.1. The number of aromatic nitrogens is 1. The third-order valence-corrected chi connectivity index (χ3v) is 7.62. The van der Waals surface area contributed by atoms with Gasteiger partial charge in [-0.25, -0.2) is 21.6 Å². The molecule has 2 aromatic carbocycles. The quantitative estimate of drug-likeness (QED) is 0.467. The van der Waals surface area contributed by atoms with Crippen LogP contribution in [0.5, 0.6) is 0 Å². The Kier molecular flexibility index (Phi) is 9.68. The molecule has 3 heterocycles. The van der Waals surface area contributed by atoms with Crippen molar-refractivity contribution in [3.63, 3.8) is 0 Å². The number of fused-ring (bicyclic) bond motifs is 1. The van der Waals surface area contributed by atoms with E-state index in [0.717, 1.165) is 36.9 Å². The molecule has 7 nitrogen and oxygen atoms in total. The molecule has 0 atom stereocenters. The monoisotopic (exact) mass is 543 g/mol. The minimum Gasteiger partial charge on any atom is -0.475 e. The highest BCUT2D eigenvalue weighted by Crippen LogP contribution is 2.27. The Morgan fingerprint density at radius 1 is 0.973 bits per heavy atom. The maximum absolute atomic E-state index is 14.2. The number of carboxylic acid groups (broad SMARTS) is 1. The van der Waals surface area contributed by atoms with Crippen LogP contribution in [0.15, 0.2) is 59.6 Å². The Balaban J connectivity index is 0.000000262. The second kappa shape index (κ2) is 12.5. The molecule has 0 spiro atoms. The standard InChI is InChI=1S/C19H19FN2O2S.C4H9N.C2HF3O2/c20-16-12-15(14-21-9-4-5-10-21)18-8-11-22(19(18)13-16)25(23,24)17-6-2-1-3-7-17;1-2-4-5-3-1;3-2(4,5)1(6)7/h1-3,6-8,11-13H,4-5,9-10,14H2;5H,1-4H2;(H,6,7). The van der Waals surface area contributed by atoms with Crippen molar-refractivity contribution >= 4 is 26.9 Å². The summed E-state index contributed by atoms with van der Waals surface area (Å²) < 4.78 is 72.9. The lowest BCUT2D eigenvalue weighted by molar-refractivity contribution is -0.192. The van der Waals surface area contributed by atoms with Gasteiger partial charge in [0.25, 0.3) is 10.0 Å². The Bertz CT molecular complexity index is 1280. The van der Waals surface area contributed by atoms with E-state index in [1.165, 1.54) is 48.2 Å². The predicted molar refractivity (Wildman–Crippen MR) is 131 cm³/mol. The van der Waals surface area contributed by atoms with Crippen molar-refractivity contribution in [3.05, 3.63) is 66.1 Å². The van der Waals surface area contributed by atoms with E-state index in [9.17, 15) is 26.0 Å². The van der Waals surface area contributed by atoms with E-state index in [-0.39, 0.29) is 4.90 Å². The van der Waals surface area contributed by atoms with Crippen molar-refractivity contribution < 1.29 is 35.9 Å². The smallest absolute Gasteiger partial charge is 0.475 e. The number of benzene rings is 2. The second-order valence-corrected chi connectivity index (χ2v) is 10.5. The number of aliphatic carboxylic acids is 1. The van der Waals surface area contributed by atoms with Crippen molar-refractivity contribution in [1.82, 2.24) is 14.2 Å². The van der Waals surface area contributed by atoms with Gasteiger partial charge in [-0.2, -0.15) is 13.2 Å². The summed E-state index contributed by atoms with van der Waals surface area (Å²) in [5.41, 5.74) is 1.22. The van der Waals surface area contributed by atoms with Crippen molar-refractivity contribution in [2.24, 2.45) is 0 Å². The SMILES string of the molecule is C1CCNC1.O=C(O)C(F)(F)F.O=S(=O)(c1ccccc1)n1ccc2c(CN3CCCC3)cc(F)cc21. The average Bonchev–Trinajstić information content (AvgIpc) is 3.63. The summed E-state index contributed by atoms with van der Waals surface area (Å²) in [6.45, 7) is 5.14. The van der Waals surface area contributed by atoms with Crippen LogP contribution in [0.1, 0.15) is 31.2 Å². The van der Waals surface area contributed by atoms with Crippen molar-refractivity contribution in [3.8, 4) is 0 Å². The molecule has 12 heteroatoms. The molecule has 0 unspecified atom stereocenters. The molecular formula is C25H29F4N3O4S. The molecule has 1 aromatic heterocycles. The summed E-state index contributed by atoms with van der Waals surface area (Å²) in [5, 5.41) is 11.1. The highest BCUT2D eigenvalue weighted by molar-refractivity contribution is 7.90. The molecule has 2 aliphatic heterocycles. The van der Waals surface area contributed by atoms with Crippen LogP contribution in [-0.2, 0) is 21.4 Å². The molecule has 37 heavy (non-hydrogen) atoms.